The lowest BCUT2D eigenvalue weighted by atomic mass is 10.2. The normalized spacial score (nSPS) is 10.8. The second-order valence-electron chi connectivity index (χ2n) is 8.54. The summed E-state index contributed by atoms with van der Waals surface area (Å²) in [4.78, 5) is 40.5. The molecule has 0 aliphatic carbocycles. The molecule has 1 amide bonds. The Hall–Kier alpha value is -3.69. The van der Waals surface area contributed by atoms with Crippen molar-refractivity contribution in [3.8, 4) is 0 Å². The molecule has 0 bridgehead atoms. The number of nitrogens with zero attached hydrogens (tertiary/aromatic N) is 3. The second-order valence-corrected chi connectivity index (χ2v) is 10.7. The molecule has 0 atom stereocenters. The van der Waals surface area contributed by atoms with E-state index in [1.54, 1.807) is 32.0 Å². The third kappa shape index (κ3) is 7.65. The summed E-state index contributed by atoms with van der Waals surface area (Å²) in [5.41, 5.74) is 2.84. The van der Waals surface area contributed by atoms with Gasteiger partial charge in [0.25, 0.3) is 5.91 Å². The van der Waals surface area contributed by atoms with Gasteiger partial charge in [-0.25, -0.2) is 19.7 Å². The molecular formula is C28H26N4O3S2. The van der Waals surface area contributed by atoms with Gasteiger partial charge in [0.2, 0.25) is 0 Å². The van der Waals surface area contributed by atoms with Crippen molar-refractivity contribution in [2.45, 2.75) is 53.8 Å². The summed E-state index contributed by atoms with van der Waals surface area (Å²) in [6, 6.07) is 20.9. The Labute approximate surface area is 224 Å². The smallest absolute Gasteiger partial charge is 0.339 e. The topological polar surface area (TPSA) is 94.1 Å². The minimum atomic E-state index is -0.466. The first-order valence-corrected chi connectivity index (χ1v) is 13.2. The molecule has 2 aromatic heterocycles. The Morgan fingerprint density at radius 3 is 2.03 bits per heavy atom. The molecule has 0 saturated heterocycles. The Balaban J connectivity index is 1.57. The molecule has 4 rings (SSSR count). The fraction of sp³-hybridized carbons (Fsp3) is 0.179. The van der Waals surface area contributed by atoms with E-state index in [2.05, 4.69) is 20.3 Å². The van der Waals surface area contributed by atoms with E-state index in [4.69, 9.17) is 4.74 Å². The summed E-state index contributed by atoms with van der Waals surface area (Å²) in [6.07, 6.45) is 1.14. The molecule has 37 heavy (non-hydrogen) atoms. The fourth-order valence-corrected chi connectivity index (χ4v) is 4.75. The van der Waals surface area contributed by atoms with Gasteiger partial charge >= 0.3 is 5.97 Å². The zero-order chi connectivity index (χ0) is 26.4. The number of aryl methyl sites for hydroxylation is 2. The van der Waals surface area contributed by atoms with Crippen LogP contribution in [0.1, 0.15) is 45.8 Å². The summed E-state index contributed by atoms with van der Waals surface area (Å²) in [5.74, 6) is -0.596. The molecule has 0 aliphatic heterocycles. The minimum absolute atomic E-state index is 0.212. The van der Waals surface area contributed by atoms with E-state index >= 15 is 0 Å². The number of carbonyl (C=O) groups excluding carboxylic acids is 2. The third-order valence-corrected chi connectivity index (χ3v) is 6.77. The van der Waals surface area contributed by atoms with Crippen LogP contribution in [-0.2, 0) is 4.74 Å². The number of hydrogen-bond acceptors (Lipinski definition) is 8. The van der Waals surface area contributed by atoms with Crippen LogP contribution >= 0.6 is 23.5 Å². The van der Waals surface area contributed by atoms with Gasteiger partial charge in [-0.05, 0) is 75.9 Å². The van der Waals surface area contributed by atoms with E-state index < -0.39 is 11.9 Å². The number of esters is 1. The molecule has 0 fully saturated rings. The second kappa shape index (κ2) is 12.0. The molecule has 188 valence electrons. The predicted octanol–water partition coefficient (Wildman–Crippen LogP) is 6.61. The van der Waals surface area contributed by atoms with Gasteiger partial charge in [-0.1, -0.05) is 47.2 Å². The van der Waals surface area contributed by atoms with Gasteiger partial charge in [0.15, 0.2) is 5.16 Å². The lowest BCUT2D eigenvalue weighted by Gasteiger charge is -2.10. The Kier molecular flexibility index (Phi) is 8.58. The lowest BCUT2D eigenvalue weighted by Crippen LogP contribution is -2.16. The molecule has 0 aliphatic rings. The first-order valence-electron chi connectivity index (χ1n) is 11.6. The van der Waals surface area contributed by atoms with Crippen molar-refractivity contribution < 1.29 is 14.3 Å². The number of pyridine rings is 1. The van der Waals surface area contributed by atoms with Crippen LogP contribution in [-0.4, -0.2) is 32.9 Å². The van der Waals surface area contributed by atoms with Crippen LogP contribution < -0.4 is 5.32 Å². The van der Waals surface area contributed by atoms with Gasteiger partial charge in [-0.2, -0.15) is 0 Å². The van der Waals surface area contributed by atoms with Gasteiger partial charge in [0.05, 0.1) is 11.7 Å². The largest absolute Gasteiger partial charge is 0.459 e. The van der Waals surface area contributed by atoms with Crippen molar-refractivity contribution in [2.24, 2.45) is 0 Å². The van der Waals surface area contributed by atoms with Crippen LogP contribution in [0.25, 0.3) is 0 Å². The molecule has 4 aromatic rings. The average molecular weight is 531 g/mol. The predicted molar refractivity (Wildman–Crippen MR) is 145 cm³/mol. The Bertz CT molecular complexity index is 1330. The molecule has 0 unspecified atom stereocenters. The van der Waals surface area contributed by atoms with Crippen LogP contribution in [0.2, 0.25) is 0 Å². The molecule has 0 radical (unpaired) electrons. The number of carbonyl (C=O) groups is 2. The maximum absolute atomic E-state index is 13.1. The standard InChI is InChI=1S/C28H26N4O3S2/c1-17(2)35-27(34)20-9-14-24(29-16-20)31-26(33)23-15-25(36-21-10-5-18(3)6-11-21)32-28(30-23)37-22-12-7-19(4)8-13-22/h5-17H,1-4H3,(H,29,31,33). The summed E-state index contributed by atoms with van der Waals surface area (Å²) in [5, 5.41) is 3.87. The van der Waals surface area contributed by atoms with Gasteiger partial charge in [0, 0.05) is 22.1 Å². The molecule has 9 heteroatoms. The van der Waals surface area contributed by atoms with E-state index in [1.165, 1.54) is 35.3 Å². The van der Waals surface area contributed by atoms with Gasteiger partial charge in [-0.3, -0.25) is 4.79 Å². The fourth-order valence-electron chi connectivity index (χ4n) is 3.11. The van der Waals surface area contributed by atoms with Crippen molar-refractivity contribution >= 4 is 41.2 Å². The van der Waals surface area contributed by atoms with E-state index in [-0.39, 0.29) is 11.8 Å². The third-order valence-electron chi connectivity index (χ3n) is 4.97. The number of nitrogens with one attached hydrogen (secondary N) is 1. The van der Waals surface area contributed by atoms with E-state index in [9.17, 15) is 9.59 Å². The van der Waals surface area contributed by atoms with Crippen molar-refractivity contribution in [1.82, 2.24) is 15.0 Å². The number of ether oxygens (including phenoxy) is 1. The summed E-state index contributed by atoms with van der Waals surface area (Å²) in [7, 11) is 0. The van der Waals surface area contributed by atoms with Gasteiger partial charge in [-0.15, -0.1) is 0 Å². The number of anilines is 1. The maximum Gasteiger partial charge on any atom is 0.339 e. The maximum atomic E-state index is 13.1. The van der Waals surface area contributed by atoms with Crippen molar-refractivity contribution in [3.63, 3.8) is 0 Å². The number of benzene rings is 2. The highest BCUT2D eigenvalue weighted by Crippen LogP contribution is 2.31. The highest BCUT2D eigenvalue weighted by atomic mass is 32.2. The number of aromatic nitrogens is 3. The van der Waals surface area contributed by atoms with Crippen LogP contribution in [0.4, 0.5) is 5.82 Å². The van der Waals surface area contributed by atoms with E-state index in [1.807, 2.05) is 62.4 Å². The molecule has 0 saturated carbocycles. The first kappa shape index (κ1) is 26.4. The molecule has 0 spiro atoms. The van der Waals surface area contributed by atoms with Crippen molar-refractivity contribution in [3.05, 3.63) is 95.3 Å². The first-order chi connectivity index (χ1) is 17.7. The van der Waals surface area contributed by atoms with Crippen molar-refractivity contribution in [1.29, 1.82) is 0 Å². The van der Waals surface area contributed by atoms with E-state index in [0.717, 1.165) is 15.4 Å². The Morgan fingerprint density at radius 2 is 1.46 bits per heavy atom. The number of rotatable bonds is 8. The summed E-state index contributed by atoms with van der Waals surface area (Å²) >= 11 is 2.85. The molecular weight excluding hydrogens is 504 g/mol. The summed E-state index contributed by atoms with van der Waals surface area (Å²) in [6.45, 7) is 7.61. The van der Waals surface area contributed by atoms with Crippen LogP contribution in [0.15, 0.2) is 92.9 Å². The van der Waals surface area contributed by atoms with Crippen molar-refractivity contribution in [2.75, 3.05) is 5.32 Å². The number of amides is 1. The monoisotopic (exact) mass is 530 g/mol. The minimum Gasteiger partial charge on any atom is -0.459 e. The molecule has 2 aromatic carbocycles. The highest BCUT2D eigenvalue weighted by Gasteiger charge is 2.16. The van der Waals surface area contributed by atoms with Crippen LogP contribution in [0, 0.1) is 13.8 Å². The zero-order valence-electron chi connectivity index (χ0n) is 20.9. The van der Waals surface area contributed by atoms with Crippen LogP contribution in [0.3, 0.4) is 0 Å². The highest BCUT2D eigenvalue weighted by molar-refractivity contribution is 7.99. The lowest BCUT2D eigenvalue weighted by molar-refractivity contribution is 0.0377. The summed E-state index contributed by atoms with van der Waals surface area (Å²) < 4.78 is 5.18. The molecule has 7 nitrogen and oxygen atoms in total. The molecule has 2 heterocycles. The van der Waals surface area contributed by atoms with Gasteiger partial charge in [0.1, 0.15) is 16.5 Å². The Morgan fingerprint density at radius 1 is 0.838 bits per heavy atom. The van der Waals surface area contributed by atoms with E-state index in [0.29, 0.717) is 21.6 Å². The van der Waals surface area contributed by atoms with Crippen LogP contribution in [0.5, 0.6) is 0 Å². The van der Waals surface area contributed by atoms with Gasteiger partial charge < -0.3 is 10.1 Å². The SMILES string of the molecule is Cc1ccc(Sc2cc(C(=O)Nc3ccc(C(=O)OC(C)C)cn3)nc(Sc3ccc(C)cc3)n2)cc1. The molecule has 1 N–H and O–H groups in total. The zero-order valence-corrected chi connectivity index (χ0v) is 22.5. The average Bonchev–Trinajstić information content (AvgIpc) is 2.87. The quantitative estimate of drug-likeness (QED) is 0.155. The number of hydrogen-bond donors (Lipinski definition) is 1.